The largest absolute Gasteiger partial charge is 0.480 e. The second-order valence-electron chi connectivity index (χ2n) is 11.5. The van der Waals surface area contributed by atoms with Gasteiger partial charge in [-0.1, -0.05) is 0 Å². The zero-order valence-electron chi connectivity index (χ0n) is 23.6. The Kier molecular flexibility index (Phi) is 8.82. The summed E-state index contributed by atoms with van der Waals surface area (Å²) in [7, 11) is -4.63. The molecule has 17 heteroatoms. The molecule has 0 unspecified atom stereocenters. The maximum absolute atomic E-state index is 15.8. The zero-order valence-corrected chi connectivity index (χ0v) is 24.5. The Morgan fingerprint density at radius 1 is 1.02 bits per heavy atom. The summed E-state index contributed by atoms with van der Waals surface area (Å²) in [6.45, 7) is 8.65. The second kappa shape index (κ2) is 11.2. The molecule has 1 saturated heterocycles. The average Bonchev–Trinajstić information content (AvgIpc) is 3.39. The number of nitrogens with two attached hydrogens (primary N) is 2. The number of aromatic nitrogens is 4. The first kappa shape index (κ1) is 31.6. The van der Waals surface area contributed by atoms with E-state index in [0.29, 0.717) is 0 Å². The number of hydrogen-bond acceptors (Lipinski definition) is 14. The highest BCUT2D eigenvalue weighted by Crippen LogP contribution is 2.52. The number of imidazole rings is 1. The van der Waals surface area contributed by atoms with Gasteiger partial charge in [0.15, 0.2) is 11.5 Å². The van der Waals surface area contributed by atoms with Crippen molar-refractivity contribution in [2.24, 2.45) is 10.8 Å². The first-order chi connectivity index (χ1) is 18.3. The van der Waals surface area contributed by atoms with Crippen LogP contribution in [0.5, 0.6) is 0 Å². The van der Waals surface area contributed by atoms with E-state index in [2.05, 4.69) is 15.0 Å². The Hall–Kier alpha value is -2.91. The number of rotatable bonds is 10. The fourth-order valence-corrected chi connectivity index (χ4v) is 4.42. The van der Waals surface area contributed by atoms with Crippen molar-refractivity contribution in [3.05, 3.63) is 6.33 Å². The minimum atomic E-state index is -4.63. The van der Waals surface area contributed by atoms with Gasteiger partial charge in [-0.05, 0) is 48.5 Å². The molecule has 2 aromatic rings. The number of carbonyl (C=O) groups is 2. The number of ether oxygens (including phenoxy) is 3. The van der Waals surface area contributed by atoms with Crippen molar-refractivity contribution < 1.29 is 46.3 Å². The first-order valence-electron chi connectivity index (χ1n) is 12.3. The Bertz CT molecular complexity index is 1270. The number of nitrogens with zero attached hydrogens (tertiary/aromatic N) is 4. The lowest BCUT2D eigenvalue weighted by atomic mass is 9.98. The predicted molar refractivity (Wildman–Crippen MR) is 139 cm³/mol. The summed E-state index contributed by atoms with van der Waals surface area (Å²) in [4.78, 5) is 36.3. The number of anilines is 2. The van der Waals surface area contributed by atoms with Crippen LogP contribution in [-0.4, -0.2) is 57.5 Å². The van der Waals surface area contributed by atoms with E-state index in [1.165, 1.54) is 10.9 Å². The molecule has 2 aromatic heterocycles. The molecule has 224 valence electrons. The van der Waals surface area contributed by atoms with Gasteiger partial charge in [-0.2, -0.15) is 9.97 Å². The summed E-state index contributed by atoms with van der Waals surface area (Å²) in [5.74, 6) is -3.84. The van der Waals surface area contributed by atoms with E-state index in [4.69, 9.17) is 39.2 Å². The van der Waals surface area contributed by atoms with E-state index in [-0.39, 0.29) is 35.8 Å². The number of carbonyl (C=O) groups excluding carboxylic acids is 2. The Balaban J connectivity index is 1.72. The maximum atomic E-state index is 15.8. The Morgan fingerprint density at radius 2 is 1.57 bits per heavy atom. The highest BCUT2D eigenvalue weighted by Gasteiger charge is 2.51. The van der Waals surface area contributed by atoms with Crippen molar-refractivity contribution in [3.63, 3.8) is 0 Å². The van der Waals surface area contributed by atoms with Crippen molar-refractivity contribution in [2.45, 2.75) is 72.9 Å². The number of phosphoric acid groups is 1. The van der Waals surface area contributed by atoms with E-state index in [1.54, 1.807) is 48.5 Å². The molecule has 0 radical (unpaired) electrons. The molecule has 0 aromatic carbocycles. The Labute approximate surface area is 230 Å². The lowest BCUT2D eigenvalue weighted by Crippen LogP contribution is -2.36. The number of fused-ring (bicyclic) bond motifs is 1. The van der Waals surface area contributed by atoms with Crippen molar-refractivity contribution in [2.75, 3.05) is 31.7 Å². The van der Waals surface area contributed by atoms with E-state index in [0.717, 1.165) is 0 Å². The topological polar surface area (TPSA) is 202 Å². The van der Waals surface area contributed by atoms with E-state index in [1.807, 2.05) is 0 Å². The standard InChI is InChI=1S/C23H36FN6O9P/c1-20(2,3)17(31)34-12-37-40(33,38-13-35-18(32)21(4,5)6)36-10-23(24)9-8-22(7,39-23)30-11-27-14-15(25)28-19(26)29-16(14)30/h11H,8-10,12-13H2,1-7H3,(H4,25,26,28,29)/t22-,23+/m1/s1. The fourth-order valence-electron chi connectivity index (χ4n) is 3.48. The van der Waals surface area contributed by atoms with Crippen molar-refractivity contribution >= 4 is 42.7 Å². The predicted octanol–water partition coefficient (Wildman–Crippen LogP) is 3.39. The van der Waals surface area contributed by atoms with Gasteiger partial charge >= 0.3 is 19.8 Å². The van der Waals surface area contributed by atoms with Gasteiger partial charge in [0.25, 0.3) is 0 Å². The van der Waals surface area contributed by atoms with E-state index in [9.17, 15) is 14.2 Å². The van der Waals surface area contributed by atoms with Crippen LogP contribution in [0.4, 0.5) is 16.2 Å². The van der Waals surface area contributed by atoms with Crippen LogP contribution in [0.1, 0.15) is 61.3 Å². The molecule has 3 heterocycles. The van der Waals surface area contributed by atoms with Crippen LogP contribution in [0, 0.1) is 10.8 Å². The molecule has 0 amide bonds. The van der Waals surface area contributed by atoms with Crippen molar-refractivity contribution in [3.8, 4) is 0 Å². The van der Waals surface area contributed by atoms with Crippen molar-refractivity contribution in [1.29, 1.82) is 0 Å². The molecule has 3 rings (SSSR count). The molecule has 0 aliphatic carbocycles. The third kappa shape index (κ3) is 7.43. The SMILES string of the molecule is CC(C)(C)C(=O)OCOP(=O)(OCOC(=O)C(C)(C)C)OC[C@]1(F)CC[C@](C)(n2cnc3c(N)nc(N)nc32)O1. The number of alkyl halides is 1. The summed E-state index contributed by atoms with van der Waals surface area (Å²) in [6, 6.07) is 0. The van der Waals surface area contributed by atoms with Crippen LogP contribution in [-0.2, 0) is 47.7 Å². The van der Waals surface area contributed by atoms with Gasteiger partial charge in [0.2, 0.25) is 25.4 Å². The highest BCUT2D eigenvalue weighted by atomic mass is 31.2. The van der Waals surface area contributed by atoms with Crippen LogP contribution in [0.25, 0.3) is 11.2 Å². The van der Waals surface area contributed by atoms with Crippen LogP contribution < -0.4 is 11.5 Å². The van der Waals surface area contributed by atoms with Gasteiger partial charge in [-0.15, -0.1) is 0 Å². The molecule has 0 bridgehead atoms. The maximum Gasteiger partial charge on any atom is 0.480 e. The number of esters is 2. The van der Waals surface area contributed by atoms with Crippen LogP contribution in [0.2, 0.25) is 0 Å². The van der Waals surface area contributed by atoms with Crippen LogP contribution >= 0.6 is 7.82 Å². The van der Waals surface area contributed by atoms with Gasteiger partial charge in [0.1, 0.15) is 17.8 Å². The highest BCUT2D eigenvalue weighted by molar-refractivity contribution is 7.48. The normalized spacial score (nSPS) is 22.0. The van der Waals surface area contributed by atoms with Crippen molar-refractivity contribution in [1.82, 2.24) is 19.5 Å². The summed E-state index contributed by atoms with van der Waals surface area (Å²) in [6.07, 6.45) is 1.30. The van der Waals surface area contributed by atoms with Gasteiger partial charge in [0, 0.05) is 12.8 Å². The fraction of sp³-hybridized carbons (Fsp3) is 0.696. The van der Waals surface area contributed by atoms with Gasteiger partial charge < -0.3 is 25.7 Å². The molecule has 4 N–H and O–H groups in total. The molecule has 1 aliphatic rings. The van der Waals surface area contributed by atoms with Gasteiger partial charge in [-0.3, -0.25) is 18.7 Å². The Morgan fingerprint density at radius 3 is 2.10 bits per heavy atom. The summed E-state index contributed by atoms with van der Waals surface area (Å²) in [5, 5.41) is 0. The molecule has 1 fully saturated rings. The molecule has 0 saturated carbocycles. The third-order valence-electron chi connectivity index (χ3n) is 5.78. The molecule has 2 atom stereocenters. The van der Waals surface area contributed by atoms with Crippen LogP contribution in [0.3, 0.4) is 0 Å². The number of halogens is 1. The monoisotopic (exact) mass is 590 g/mol. The van der Waals surface area contributed by atoms with E-state index < -0.39 is 62.4 Å². The quantitative estimate of drug-likeness (QED) is 0.231. The molecule has 0 spiro atoms. The lowest BCUT2D eigenvalue weighted by molar-refractivity contribution is -0.215. The summed E-state index contributed by atoms with van der Waals surface area (Å²) >= 11 is 0. The van der Waals surface area contributed by atoms with Gasteiger partial charge in [0.05, 0.1) is 17.2 Å². The molecule has 15 nitrogen and oxygen atoms in total. The number of hydrogen-bond donors (Lipinski definition) is 2. The third-order valence-corrected chi connectivity index (χ3v) is 7.07. The van der Waals surface area contributed by atoms with Gasteiger partial charge in [-0.25, -0.2) is 23.0 Å². The molecular weight excluding hydrogens is 554 g/mol. The number of phosphoric ester groups is 1. The summed E-state index contributed by atoms with van der Waals surface area (Å²) < 4.78 is 61.6. The minimum Gasteiger partial charge on any atom is -0.437 e. The lowest BCUT2D eigenvalue weighted by Gasteiger charge is -2.29. The average molecular weight is 591 g/mol. The van der Waals surface area contributed by atoms with E-state index >= 15 is 4.39 Å². The summed E-state index contributed by atoms with van der Waals surface area (Å²) in [5.41, 5.74) is 9.00. The number of nitrogen functional groups attached to an aromatic ring is 2. The zero-order chi connectivity index (χ0) is 30.1. The molecule has 1 aliphatic heterocycles. The smallest absolute Gasteiger partial charge is 0.437 e. The molecule has 40 heavy (non-hydrogen) atoms. The first-order valence-corrected chi connectivity index (χ1v) is 13.8. The van der Waals surface area contributed by atoms with Crippen LogP contribution in [0.15, 0.2) is 6.33 Å². The molecular formula is C23H36FN6O9P. The second-order valence-corrected chi connectivity index (χ2v) is 13.2. The minimum absolute atomic E-state index is 0.0484.